The fraction of sp³-hybridized carbons (Fsp3) is 0.231. The molecule has 3 aromatic rings. The standard InChI is InChI=1S/C26H28N2O6S/c1-4-33-23-16-9-8-15-22(23)27-25(29)24(19-11-6-5-7-12-19)34-26(30)20-13-10-14-21(17-20)35(31,32)28-18(2)3/h5-18,24,28H,4H2,1-3H3,(H,27,29). The summed E-state index contributed by atoms with van der Waals surface area (Å²) in [7, 11) is -3.81. The van der Waals surface area contributed by atoms with E-state index in [2.05, 4.69) is 10.0 Å². The van der Waals surface area contributed by atoms with Crippen LogP contribution in [0, 0.1) is 0 Å². The number of nitrogens with one attached hydrogen (secondary N) is 2. The Balaban J connectivity index is 1.88. The van der Waals surface area contributed by atoms with Gasteiger partial charge >= 0.3 is 5.97 Å². The molecule has 0 aliphatic rings. The van der Waals surface area contributed by atoms with Crippen molar-refractivity contribution in [3.63, 3.8) is 0 Å². The number of para-hydroxylation sites is 2. The Bertz CT molecular complexity index is 1280. The molecule has 1 unspecified atom stereocenters. The number of ether oxygens (including phenoxy) is 2. The van der Waals surface area contributed by atoms with Crippen molar-refractivity contribution in [3.8, 4) is 5.75 Å². The van der Waals surface area contributed by atoms with Crippen molar-refractivity contribution in [2.45, 2.75) is 37.8 Å². The molecule has 3 rings (SSSR count). The third-order valence-corrected chi connectivity index (χ3v) is 6.44. The molecule has 0 spiro atoms. The number of rotatable bonds is 10. The second kappa shape index (κ2) is 11.6. The van der Waals surface area contributed by atoms with Crippen molar-refractivity contribution in [2.24, 2.45) is 0 Å². The van der Waals surface area contributed by atoms with Crippen LogP contribution in [0.3, 0.4) is 0 Å². The van der Waals surface area contributed by atoms with E-state index in [4.69, 9.17) is 9.47 Å². The summed E-state index contributed by atoms with van der Waals surface area (Å²) in [6.45, 7) is 5.64. The molecule has 35 heavy (non-hydrogen) atoms. The summed E-state index contributed by atoms with van der Waals surface area (Å²) >= 11 is 0. The number of carbonyl (C=O) groups excluding carboxylic acids is 2. The molecule has 1 atom stereocenters. The Kier molecular flexibility index (Phi) is 8.62. The molecule has 184 valence electrons. The normalized spacial score (nSPS) is 12.1. The second-order valence-electron chi connectivity index (χ2n) is 7.92. The van der Waals surface area contributed by atoms with Crippen LogP contribution in [-0.4, -0.2) is 32.9 Å². The highest BCUT2D eigenvalue weighted by atomic mass is 32.2. The minimum Gasteiger partial charge on any atom is -0.492 e. The number of sulfonamides is 1. The minimum atomic E-state index is -3.81. The predicted octanol–water partition coefficient (Wildman–Crippen LogP) is 4.31. The van der Waals surface area contributed by atoms with Crippen LogP contribution in [-0.2, 0) is 19.6 Å². The lowest BCUT2D eigenvalue weighted by Crippen LogP contribution is -2.30. The van der Waals surface area contributed by atoms with Gasteiger partial charge in [0.15, 0.2) is 0 Å². The van der Waals surface area contributed by atoms with E-state index in [1.807, 2.05) is 6.92 Å². The maximum atomic E-state index is 13.2. The first-order valence-corrected chi connectivity index (χ1v) is 12.6. The zero-order valence-corrected chi connectivity index (χ0v) is 20.5. The Hall–Kier alpha value is -3.69. The lowest BCUT2D eigenvalue weighted by Gasteiger charge is -2.19. The summed E-state index contributed by atoms with van der Waals surface area (Å²) in [4.78, 5) is 26.2. The lowest BCUT2D eigenvalue weighted by atomic mass is 10.1. The number of esters is 1. The number of amides is 1. The van der Waals surface area contributed by atoms with Crippen LogP contribution in [0.5, 0.6) is 5.75 Å². The Morgan fingerprint density at radius 3 is 2.29 bits per heavy atom. The van der Waals surface area contributed by atoms with E-state index in [9.17, 15) is 18.0 Å². The molecule has 9 heteroatoms. The summed E-state index contributed by atoms with van der Waals surface area (Å²) in [5, 5.41) is 2.76. The Morgan fingerprint density at radius 1 is 0.914 bits per heavy atom. The molecular weight excluding hydrogens is 468 g/mol. The van der Waals surface area contributed by atoms with Gasteiger partial charge in [0.25, 0.3) is 5.91 Å². The van der Waals surface area contributed by atoms with E-state index in [0.29, 0.717) is 23.6 Å². The zero-order chi connectivity index (χ0) is 25.4. The molecule has 0 fully saturated rings. The maximum Gasteiger partial charge on any atom is 0.339 e. The fourth-order valence-corrected chi connectivity index (χ4v) is 4.59. The summed E-state index contributed by atoms with van der Waals surface area (Å²) < 4.78 is 38.7. The van der Waals surface area contributed by atoms with Crippen molar-refractivity contribution in [3.05, 3.63) is 90.0 Å². The van der Waals surface area contributed by atoms with Gasteiger partial charge in [-0.1, -0.05) is 48.5 Å². The van der Waals surface area contributed by atoms with Gasteiger partial charge in [0.2, 0.25) is 16.1 Å². The number of carbonyl (C=O) groups is 2. The highest BCUT2D eigenvalue weighted by Crippen LogP contribution is 2.27. The van der Waals surface area contributed by atoms with Gasteiger partial charge in [-0.2, -0.15) is 0 Å². The monoisotopic (exact) mass is 496 g/mol. The van der Waals surface area contributed by atoms with E-state index in [0.717, 1.165) is 0 Å². The van der Waals surface area contributed by atoms with Gasteiger partial charge in [-0.3, -0.25) is 4.79 Å². The molecule has 1 amide bonds. The molecule has 3 aromatic carbocycles. The molecule has 0 aromatic heterocycles. The van der Waals surface area contributed by atoms with Crippen molar-refractivity contribution in [1.29, 1.82) is 0 Å². The van der Waals surface area contributed by atoms with Gasteiger partial charge in [-0.25, -0.2) is 17.9 Å². The molecule has 0 aliphatic heterocycles. The molecule has 0 saturated heterocycles. The highest BCUT2D eigenvalue weighted by Gasteiger charge is 2.27. The Labute approximate surface area is 205 Å². The van der Waals surface area contributed by atoms with Crippen LogP contribution in [0.25, 0.3) is 0 Å². The van der Waals surface area contributed by atoms with Gasteiger partial charge < -0.3 is 14.8 Å². The van der Waals surface area contributed by atoms with Crippen LogP contribution in [0.4, 0.5) is 5.69 Å². The van der Waals surface area contributed by atoms with E-state index < -0.39 is 28.0 Å². The van der Waals surface area contributed by atoms with Gasteiger partial charge in [0.1, 0.15) is 5.75 Å². The highest BCUT2D eigenvalue weighted by molar-refractivity contribution is 7.89. The average molecular weight is 497 g/mol. The topological polar surface area (TPSA) is 111 Å². The number of hydrogen-bond donors (Lipinski definition) is 2. The number of hydrogen-bond acceptors (Lipinski definition) is 6. The smallest absolute Gasteiger partial charge is 0.339 e. The largest absolute Gasteiger partial charge is 0.492 e. The average Bonchev–Trinajstić information content (AvgIpc) is 2.83. The van der Waals surface area contributed by atoms with Crippen molar-refractivity contribution in [2.75, 3.05) is 11.9 Å². The predicted molar refractivity (Wildman–Crippen MR) is 133 cm³/mol. The zero-order valence-electron chi connectivity index (χ0n) is 19.7. The van der Waals surface area contributed by atoms with Crippen LogP contribution in [0.2, 0.25) is 0 Å². The molecule has 0 saturated carbocycles. The SMILES string of the molecule is CCOc1ccccc1NC(=O)C(OC(=O)c1cccc(S(=O)(=O)NC(C)C)c1)c1ccccc1. The summed E-state index contributed by atoms with van der Waals surface area (Å²) in [5.41, 5.74) is 0.891. The lowest BCUT2D eigenvalue weighted by molar-refractivity contribution is -0.125. The third kappa shape index (κ3) is 6.91. The number of anilines is 1. The van der Waals surface area contributed by atoms with E-state index >= 15 is 0 Å². The van der Waals surface area contributed by atoms with Gasteiger partial charge in [0.05, 0.1) is 22.8 Å². The fourth-order valence-electron chi connectivity index (χ4n) is 3.29. The maximum absolute atomic E-state index is 13.2. The Morgan fingerprint density at radius 2 is 1.60 bits per heavy atom. The summed E-state index contributed by atoms with van der Waals surface area (Å²) in [6.07, 6.45) is -1.28. The van der Waals surface area contributed by atoms with Crippen molar-refractivity contribution < 1.29 is 27.5 Å². The van der Waals surface area contributed by atoms with E-state index in [1.54, 1.807) is 68.4 Å². The molecule has 0 bridgehead atoms. The quantitative estimate of drug-likeness (QED) is 0.405. The molecule has 2 N–H and O–H groups in total. The van der Waals surface area contributed by atoms with Crippen molar-refractivity contribution in [1.82, 2.24) is 4.72 Å². The van der Waals surface area contributed by atoms with Crippen LogP contribution >= 0.6 is 0 Å². The third-order valence-electron chi connectivity index (χ3n) is 4.78. The molecule has 0 radical (unpaired) electrons. The van der Waals surface area contributed by atoms with Crippen LogP contribution < -0.4 is 14.8 Å². The van der Waals surface area contributed by atoms with Gasteiger partial charge in [-0.15, -0.1) is 0 Å². The van der Waals surface area contributed by atoms with E-state index in [1.165, 1.54) is 24.3 Å². The molecule has 0 heterocycles. The first-order valence-electron chi connectivity index (χ1n) is 11.1. The first-order chi connectivity index (χ1) is 16.7. The second-order valence-corrected chi connectivity index (χ2v) is 9.63. The number of benzene rings is 3. The van der Waals surface area contributed by atoms with Crippen LogP contribution in [0.15, 0.2) is 83.8 Å². The first kappa shape index (κ1) is 25.9. The van der Waals surface area contributed by atoms with Crippen LogP contribution in [0.1, 0.15) is 42.8 Å². The summed E-state index contributed by atoms with van der Waals surface area (Å²) in [5.74, 6) is -0.937. The van der Waals surface area contributed by atoms with Crippen molar-refractivity contribution >= 4 is 27.6 Å². The minimum absolute atomic E-state index is 0.0000729. The molecular formula is C26H28N2O6S. The van der Waals surface area contributed by atoms with Gasteiger partial charge in [-0.05, 0) is 51.1 Å². The molecule has 0 aliphatic carbocycles. The summed E-state index contributed by atoms with van der Waals surface area (Å²) in [6, 6.07) is 20.7. The van der Waals surface area contributed by atoms with Gasteiger partial charge in [0, 0.05) is 11.6 Å². The molecule has 8 nitrogen and oxygen atoms in total. The van der Waals surface area contributed by atoms with E-state index in [-0.39, 0.29) is 16.5 Å².